The average molecular weight is 695 g/mol. The minimum Gasteiger partial charge on any atom is -0.461 e. The fourth-order valence-electron chi connectivity index (χ4n) is 7.32. The van der Waals surface area contributed by atoms with E-state index in [1.807, 2.05) is 18.2 Å². The molecule has 2 aromatic rings. The summed E-state index contributed by atoms with van der Waals surface area (Å²) < 4.78 is 58.6. The fraction of sp³-hybridized carbons (Fsp3) is 0.625. The summed E-state index contributed by atoms with van der Waals surface area (Å²) in [5.41, 5.74) is 1.47. The van der Waals surface area contributed by atoms with Gasteiger partial charge >= 0.3 is 0 Å². The zero-order chi connectivity index (χ0) is 34.0. The highest BCUT2D eigenvalue weighted by atomic mass is 16.8. The van der Waals surface area contributed by atoms with Crippen LogP contribution in [0, 0.1) is 11.8 Å². The van der Waals surface area contributed by atoms with Crippen molar-refractivity contribution in [1.29, 1.82) is 0 Å². The van der Waals surface area contributed by atoms with Crippen LogP contribution in [0.4, 0.5) is 0 Å². The van der Waals surface area contributed by atoms with Crippen LogP contribution in [0.15, 0.2) is 30.3 Å². The number of benzene rings is 2. The summed E-state index contributed by atoms with van der Waals surface area (Å²) >= 11 is 0. The maximum atomic E-state index is 11.2. The van der Waals surface area contributed by atoms with Crippen molar-refractivity contribution in [1.82, 2.24) is 0 Å². The van der Waals surface area contributed by atoms with Crippen molar-refractivity contribution in [2.75, 3.05) is 40.0 Å². The topological polar surface area (TPSA) is 234 Å². The molecule has 6 aliphatic heterocycles. The van der Waals surface area contributed by atoms with Crippen molar-refractivity contribution in [3.05, 3.63) is 41.5 Å². The quantitative estimate of drug-likeness (QED) is 0.162. The highest BCUT2D eigenvalue weighted by Crippen LogP contribution is 2.54. The molecule has 4 unspecified atom stereocenters. The molecule has 0 aromatic heterocycles. The summed E-state index contributed by atoms with van der Waals surface area (Å²) in [4.78, 5) is 0. The molecule has 0 saturated carbocycles. The summed E-state index contributed by atoms with van der Waals surface area (Å²) in [5.74, 6) is 2.15. The van der Waals surface area contributed by atoms with E-state index < -0.39 is 80.7 Å². The molecule has 6 heterocycles. The molecule has 17 nitrogen and oxygen atoms in total. The number of rotatable bonds is 8. The monoisotopic (exact) mass is 694 g/mol. The number of fused-ring (bicyclic) bond motifs is 3. The second-order valence-electron chi connectivity index (χ2n) is 12.8. The van der Waals surface area contributed by atoms with Crippen molar-refractivity contribution < 1.29 is 83.1 Å². The minimum absolute atomic E-state index is 0.0346. The summed E-state index contributed by atoms with van der Waals surface area (Å²) in [6, 6.07) is 8.99. The van der Waals surface area contributed by atoms with Crippen LogP contribution in [-0.4, -0.2) is 137 Å². The molecule has 4 fully saturated rings. The van der Waals surface area contributed by atoms with E-state index in [2.05, 4.69) is 0 Å². The number of ether oxygens (including phenoxy) is 10. The van der Waals surface area contributed by atoms with Crippen molar-refractivity contribution in [3.8, 4) is 28.7 Å². The van der Waals surface area contributed by atoms with Crippen LogP contribution in [-0.2, 0) is 23.7 Å². The Bertz CT molecular complexity index is 1510. The summed E-state index contributed by atoms with van der Waals surface area (Å²) in [5, 5.41) is 72.6. The lowest BCUT2D eigenvalue weighted by molar-refractivity contribution is -0.358. The molecule has 2 aromatic carbocycles. The van der Waals surface area contributed by atoms with Gasteiger partial charge in [0.25, 0.3) is 0 Å². The maximum absolute atomic E-state index is 11.2. The van der Waals surface area contributed by atoms with E-state index in [0.717, 1.165) is 5.56 Å². The third kappa shape index (κ3) is 5.77. The van der Waals surface area contributed by atoms with Crippen LogP contribution < -0.4 is 23.7 Å². The SMILES string of the molecule is OC[C@H]1O[C@@H](O[C@H]2[C@H](Oc3cc4c(cc3C3OCC5C(c6ccc7c(c6)OCO7)OCC35)OCO4)O[C@H](CO)[C@@H](O)[C@@H]2O)[C@H](O)[C@@H](O)[C@@H]1O. The second-order valence-corrected chi connectivity index (χ2v) is 12.8. The molecular formula is C32H38O17. The molecule has 14 atom stereocenters. The van der Waals surface area contributed by atoms with Crippen molar-refractivity contribution in [2.24, 2.45) is 11.8 Å². The molecule has 7 N–H and O–H groups in total. The molecule has 0 bridgehead atoms. The molecule has 8 rings (SSSR count). The van der Waals surface area contributed by atoms with Gasteiger partial charge in [0, 0.05) is 23.5 Å². The van der Waals surface area contributed by atoms with Crippen molar-refractivity contribution in [3.63, 3.8) is 0 Å². The molecule has 0 radical (unpaired) electrons. The number of hydrogen-bond donors (Lipinski definition) is 7. The van der Waals surface area contributed by atoms with E-state index >= 15 is 0 Å². The third-order valence-electron chi connectivity index (χ3n) is 10.0. The van der Waals surface area contributed by atoms with E-state index in [-0.39, 0.29) is 37.3 Å². The van der Waals surface area contributed by atoms with Gasteiger partial charge < -0.3 is 83.1 Å². The lowest BCUT2D eigenvalue weighted by Gasteiger charge is -2.46. The lowest BCUT2D eigenvalue weighted by Crippen LogP contribution is -2.65. The second kappa shape index (κ2) is 13.3. The molecule has 0 spiro atoms. The summed E-state index contributed by atoms with van der Waals surface area (Å²) in [7, 11) is 0. The number of hydrogen-bond acceptors (Lipinski definition) is 17. The van der Waals surface area contributed by atoms with Gasteiger partial charge in [-0.15, -0.1) is 0 Å². The highest BCUT2D eigenvalue weighted by molar-refractivity contribution is 5.53. The molecule has 0 amide bonds. The van der Waals surface area contributed by atoms with E-state index in [1.165, 1.54) is 0 Å². The number of aliphatic hydroxyl groups excluding tert-OH is 7. The van der Waals surface area contributed by atoms with Gasteiger partial charge in [0.1, 0.15) is 48.5 Å². The molecular weight excluding hydrogens is 656 g/mol. The van der Waals surface area contributed by atoms with Gasteiger partial charge in [0.2, 0.25) is 19.9 Å². The third-order valence-corrected chi connectivity index (χ3v) is 10.0. The molecule has 4 saturated heterocycles. The van der Waals surface area contributed by atoms with Crippen LogP contribution in [0.1, 0.15) is 23.3 Å². The van der Waals surface area contributed by atoms with E-state index in [1.54, 1.807) is 12.1 Å². The van der Waals surface area contributed by atoms with Gasteiger partial charge in [-0.2, -0.15) is 0 Å². The Hall–Kier alpha value is -3.04. The fourth-order valence-corrected chi connectivity index (χ4v) is 7.32. The Balaban J connectivity index is 1.08. The average Bonchev–Trinajstić information content (AvgIpc) is 3.92. The molecule has 6 aliphatic rings. The number of aliphatic hydroxyl groups is 7. The smallest absolute Gasteiger partial charge is 0.231 e. The first-order chi connectivity index (χ1) is 23.7. The molecule has 49 heavy (non-hydrogen) atoms. The zero-order valence-electron chi connectivity index (χ0n) is 25.9. The predicted molar refractivity (Wildman–Crippen MR) is 157 cm³/mol. The molecule has 268 valence electrons. The van der Waals surface area contributed by atoms with Crippen molar-refractivity contribution in [2.45, 2.75) is 73.6 Å². The Morgan fingerprint density at radius 3 is 1.92 bits per heavy atom. The highest BCUT2D eigenvalue weighted by Gasteiger charge is 2.53. The van der Waals surface area contributed by atoms with Gasteiger partial charge in [0.15, 0.2) is 35.4 Å². The standard InChI is InChI=1S/C32H38O17/c33-6-21-23(35)25(37)27(39)31(47-21)49-30-26(38)24(36)22(7-34)48-32(30)46-17-5-20-19(44-11-45-20)4-13(17)29-15-9-40-28(14(15)8-41-29)12-1-2-16-18(3-12)43-10-42-16/h1-5,14-15,21-39H,6-11H2/t14?,15?,21-,22-,23-,24-,25+,26+,27-,28?,29?,30-,31+,32-/m1/s1. The first-order valence-corrected chi connectivity index (χ1v) is 16.1. The molecule has 0 aliphatic carbocycles. The molecule has 17 heteroatoms. The van der Waals surface area contributed by atoms with Gasteiger partial charge in [-0.25, -0.2) is 0 Å². The van der Waals surface area contributed by atoms with Gasteiger partial charge in [-0.1, -0.05) is 6.07 Å². The van der Waals surface area contributed by atoms with E-state index in [9.17, 15) is 35.7 Å². The Kier molecular flexibility index (Phi) is 8.96. The predicted octanol–water partition coefficient (Wildman–Crippen LogP) is -1.78. The normalized spacial score (nSPS) is 40.8. The van der Waals surface area contributed by atoms with E-state index in [4.69, 9.17) is 47.4 Å². The maximum Gasteiger partial charge on any atom is 0.231 e. The van der Waals surface area contributed by atoms with Crippen LogP contribution in [0.2, 0.25) is 0 Å². The lowest BCUT2D eigenvalue weighted by atomic mass is 9.84. The van der Waals surface area contributed by atoms with Crippen LogP contribution in [0.3, 0.4) is 0 Å². The summed E-state index contributed by atoms with van der Waals surface area (Å²) in [6.45, 7) is -0.556. The summed E-state index contributed by atoms with van der Waals surface area (Å²) in [6.07, 6.45) is -16.9. The first-order valence-electron chi connectivity index (χ1n) is 16.1. The van der Waals surface area contributed by atoms with Crippen molar-refractivity contribution >= 4 is 0 Å². The minimum atomic E-state index is -1.82. The van der Waals surface area contributed by atoms with Gasteiger partial charge in [0.05, 0.1) is 38.6 Å². The Morgan fingerprint density at radius 1 is 0.612 bits per heavy atom. The Labute approximate surface area is 278 Å². The van der Waals surface area contributed by atoms with Crippen LogP contribution in [0.5, 0.6) is 28.7 Å². The first kappa shape index (κ1) is 33.1. The Morgan fingerprint density at radius 2 is 1.20 bits per heavy atom. The van der Waals surface area contributed by atoms with Crippen LogP contribution >= 0.6 is 0 Å². The van der Waals surface area contributed by atoms with E-state index in [0.29, 0.717) is 41.8 Å². The van der Waals surface area contributed by atoms with Crippen LogP contribution in [0.25, 0.3) is 0 Å². The van der Waals surface area contributed by atoms with Gasteiger partial charge in [-0.05, 0) is 23.8 Å². The van der Waals surface area contributed by atoms with Gasteiger partial charge in [-0.3, -0.25) is 0 Å². The zero-order valence-corrected chi connectivity index (χ0v) is 25.9. The largest absolute Gasteiger partial charge is 0.461 e.